The fourth-order valence-electron chi connectivity index (χ4n) is 1.21. The van der Waals surface area contributed by atoms with Crippen molar-refractivity contribution in [2.75, 3.05) is 0 Å². The van der Waals surface area contributed by atoms with E-state index in [1.165, 1.54) is 6.07 Å². The first-order valence-corrected chi connectivity index (χ1v) is 3.80. The first kappa shape index (κ1) is 7.10. The molecule has 0 N–H and O–H groups in total. The smallest absolute Gasteiger partial charge is 0.179 e. The minimum Gasteiger partial charge on any atom is -0.290 e. The van der Waals surface area contributed by atoms with Gasteiger partial charge in [0.25, 0.3) is 0 Å². The summed E-state index contributed by atoms with van der Waals surface area (Å²) in [6, 6.07) is 8.71. The molecule has 0 atom stereocenters. The summed E-state index contributed by atoms with van der Waals surface area (Å²) in [6.45, 7) is 1.94. The second-order valence-electron chi connectivity index (χ2n) is 2.81. The highest BCUT2D eigenvalue weighted by Gasteiger charge is 1.96. The summed E-state index contributed by atoms with van der Waals surface area (Å²) in [4.78, 5) is 4.28. The lowest BCUT2D eigenvalue weighted by Crippen LogP contribution is -1.81. The molecule has 1 aromatic carbocycles. The van der Waals surface area contributed by atoms with E-state index in [1.54, 1.807) is 12.1 Å². The highest BCUT2D eigenvalue weighted by atomic mass is 16.3. The molecule has 0 saturated heterocycles. The first-order chi connectivity index (χ1) is 5.75. The molecule has 2 heteroatoms. The third-order valence-electron chi connectivity index (χ3n) is 1.80. The summed E-state index contributed by atoms with van der Waals surface area (Å²) < 4.78 is 0. The van der Waals surface area contributed by atoms with Crippen molar-refractivity contribution in [2.24, 2.45) is 0 Å². The number of rotatable bonds is 0. The molecule has 1 heterocycles. The molecule has 0 aliphatic rings. The zero-order valence-corrected chi connectivity index (χ0v) is 6.74. The monoisotopic (exact) mass is 158 g/mol. The second kappa shape index (κ2) is 2.48. The summed E-state index contributed by atoms with van der Waals surface area (Å²) >= 11 is 0. The molecule has 12 heavy (non-hydrogen) atoms. The van der Waals surface area contributed by atoms with Gasteiger partial charge in [-0.05, 0) is 31.2 Å². The van der Waals surface area contributed by atoms with Crippen LogP contribution in [-0.4, -0.2) is 4.98 Å². The predicted molar refractivity (Wildman–Crippen MR) is 46.6 cm³/mol. The van der Waals surface area contributed by atoms with Gasteiger partial charge in [-0.25, -0.2) is 0 Å². The van der Waals surface area contributed by atoms with Crippen molar-refractivity contribution in [2.45, 2.75) is 6.92 Å². The van der Waals surface area contributed by atoms with Crippen molar-refractivity contribution in [1.82, 2.24) is 4.98 Å². The molecular formula is C10H8NO. The molecule has 0 bridgehead atoms. The third kappa shape index (κ3) is 1.11. The van der Waals surface area contributed by atoms with Gasteiger partial charge in [-0.15, -0.1) is 0 Å². The van der Waals surface area contributed by atoms with Crippen LogP contribution in [0.2, 0.25) is 0 Å². The normalized spacial score (nSPS) is 10.4. The number of aryl methyl sites for hydroxylation is 1. The van der Waals surface area contributed by atoms with Crippen molar-refractivity contribution in [3.63, 3.8) is 0 Å². The van der Waals surface area contributed by atoms with E-state index >= 15 is 0 Å². The molecule has 0 amide bonds. The van der Waals surface area contributed by atoms with Crippen molar-refractivity contribution >= 4 is 10.9 Å². The summed E-state index contributed by atoms with van der Waals surface area (Å²) in [5.74, 6) is 0.0353. The average molecular weight is 158 g/mol. The van der Waals surface area contributed by atoms with Crippen LogP contribution in [0.4, 0.5) is 0 Å². The Morgan fingerprint density at radius 1 is 1.17 bits per heavy atom. The fraction of sp³-hybridized carbons (Fsp3) is 0.100. The van der Waals surface area contributed by atoms with E-state index in [1.807, 2.05) is 19.1 Å². The van der Waals surface area contributed by atoms with Gasteiger partial charge in [0.2, 0.25) is 0 Å². The van der Waals surface area contributed by atoms with Gasteiger partial charge < -0.3 is 0 Å². The van der Waals surface area contributed by atoms with E-state index in [2.05, 4.69) is 4.98 Å². The van der Waals surface area contributed by atoms with Crippen LogP contribution in [0.3, 0.4) is 0 Å². The number of hydrogen-bond acceptors (Lipinski definition) is 1. The molecule has 2 aromatic rings. The van der Waals surface area contributed by atoms with Gasteiger partial charge in [0, 0.05) is 11.1 Å². The first-order valence-electron chi connectivity index (χ1n) is 3.80. The van der Waals surface area contributed by atoms with Gasteiger partial charge in [0.15, 0.2) is 5.75 Å². The van der Waals surface area contributed by atoms with E-state index in [9.17, 15) is 5.11 Å². The lowest BCUT2D eigenvalue weighted by molar-refractivity contribution is 0.355. The van der Waals surface area contributed by atoms with Gasteiger partial charge in [-0.1, -0.05) is 6.07 Å². The van der Waals surface area contributed by atoms with Crippen LogP contribution in [-0.2, 0) is 5.11 Å². The van der Waals surface area contributed by atoms with Crippen LogP contribution in [0.15, 0.2) is 30.3 Å². The number of aromatic nitrogens is 1. The van der Waals surface area contributed by atoms with Gasteiger partial charge >= 0.3 is 0 Å². The second-order valence-corrected chi connectivity index (χ2v) is 2.81. The van der Waals surface area contributed by atoms with Crippen molar-refractivity contribution in [3.8, 4) is 5.75 Å². The molecule has 0 aliphatic carbocycles. The molecule has 1 aromatic heterocycles. The van der Waals surface area contributed by atoms with E-state index in [4.69, 9.17) is 0 Å². The largest absolute Gasteiger partial charge is 0.290 e. The zero-order valence-electron chi connectivity index (χ0n) is 6.74. The molecule has 0 aliphatic heterocycles. The standard InChI is InChI=1S/C10H8NO/c1-7-2-3-8-6-9(12)4-5-10(8)11-7/h2-6H,1H3. The van der Waals surface area contributed by atoms with Crippen LogP contribution in [0, 0.1) is 6.92 Å². The SMILES string of the molecule is Cc1ccc2cc([O])ccc2n1. The van der Waals surface area contributed by atoms with Crippen LogP contribution in [0.5, 0.6) is 5.75 Å². The number of benzene rings is 1. The Balaban J connectivity index is 2.79. The molecular weight excluding hydrogens is 150 g/mol. The van der Waals surface area contributed by atoms with Crippen LogP contribution >= 0.6 is 0 Å². The molecule has 0 fully saturated rings. The quantitative estimate of drug-likeness (QED) is 0.580. The third-order valence-corrected chi connectivity index (χ3v) is 1.80. The summed E-state index contributed by atoms with van der Waals surface area (Å²) in [5, 5.41) is 11.9. The van der Waals surface area contributed by atoms with Gasteiger partial charge in [-0.2, -0.15) is 0 Å². The maximum absolute atomic E-state index is 10.9. The zero-order chi connectivity index (χ0) is 8.55. The lowest BCUT2D eigenvalue weighted by atomic mass is 10.2. The molecule has 0 spiro atoms. The van der Waals surface area contributed by atoms with Crippen molar-refractivity contribution in [3.05, 3.63) is 36.0 Å². The fourth-order valence-corrected chi connectivity index (χ4v) is 1.21. The number of fused-ring (bicyclic) bond motifs is 1. The van der Waals surface area contributed by atoms with E-state index in [0.717, 1.165) is 16.6 Å². The molecule has 1 radical (unpaired) electrons. The van der Waals surface area contributed by atoms with E-state index in [0.29, 0.717) is 0 Å². The molecule has 0 saturated carbocycles. The Bertz CT molecular complexity index is 382. The van der Waals surface area contributed by atoms with Crippen molar-refractivity contribution in [1.29, 1.82) is 0 Å². The molecule has 0 unspecified atom stereocenters. The van der Waals surface area contributed by atoms with Crippen molar-refractivity contribution < 1.29 is 5.11 Å². The van der Waals surface area contributed by atoms with E-state index in [-0.39, 0.29) is 5.75 Å². The topological polar surface area (TPSA) is 32.8 Å². The minimum absolute atomic E-state index is 0.0353. The average Bonchev–Trinajstić information content (AvgIpc) is 2.05. The maximum atomic E-state index is 10.9. The Morgan fingerprint density at radius 3 is 2.83 bits per heavy atom. The lowest BCUT2D eigenvalue weighted by Gasteiger charge is -1.97. The Morgan fingerprint density at radius 2 is 2.00 bits per heavy atom. The Kier molecular flexibility index (Phi) is 1.47. The predicted octanol–water partition coefficient (Wildman–Crippen LogP) is 2.69. The van der Waals surface area contributed by atoms with Gasteiger partial charge in [-0.3, -0.25) is 10.1 Å². The number of nitrogens with zero attached hydrogens (tertiary/aromatic N) is 1. The molecule has 2 rings (SSSR count). The maximum Gasteiger partial charge on any atom is 0.179 e. The van der Waals surface area contributed by atoms with Crippen LogP contribution in [0.25, 0.3) is 10.9 Å². The van der Waals surface area contributed by atoms with E-state index < -0.39 is 0 Å². The minimum atomic E-state index is 0.0353. The summed E-state index contributed by atoms with van der Waals surface area (Å²) in [5.41, 5.74) is 1.86. The number of pyridine rings is 1. The molecule has 59 valence electrons. The van der Waals surface area contributed by atoms with Crippen LogP contribution in [0.1, 0.15) is 5.69 Å². The van der Waals surface area contributed by atoms with Gasteiger partial charge in [0.1, 0.15) is 0 Å². The van der Waals surface area contributed by atoms with Gasteiger partial charge in [0.05, 0.1) is 5.52 Å². The number of hydrogen-bond donors (Lipinski definition) is 0. The summed E-state index contributed by atoms with van der Waals surface area (Å²) in [7, 11) is 0. The molecule has 2 nitrogen and oxygen atoms in total. The Labute approximate surface area is 70.5 Å². The highest BCUT2D eigenvalue weighted by molar-refractivity contribution is 5.80. The Hall–Kier alpha value is -1.57. The van der Waals surface area contributed by atoms with Crippen LogP contribution < -0.4 is 0 Å². The summed E-state index contributed by atoms with van der Waals surface area (Å²) in [6.07, 6.45) is 0. The highest BCUT2D eigenvalue weighted by Crippen LogP contribution is 2.18.